The Kier molecular flexibility index (Phi) is 4.90. The molecule has 22 heavy (non-hydrogen) atoms. The average molecular weight is 348 g/mol. The lowest BCUT2D eigenvalue weighted by atomic mass is 10.1. The van der Waals surface area contributed by atoms with E-state index < -0.39 is 16.5 Å². The van der Waals surface area contributed by atoms with Crippen LogP contribution in [0, 0.1) is 0 Å². The molecule has 0 amide bonds. The number of benzene rings is 2. The van der Waals surface area contributed by atoms with E-state index in [2.05, 4.69) is 79.9 Å². The molecule has 2 aromatic rings. The Hall–Kier alpha value is -1.04. The second-order valence-corrected chi connectivity index (χ2v) is 18.2. The van der Waals surface area contributed by atoms with Gasteiger partial charge in [-0.15, -0.1) is 0 Å². The normalized spacial score (nSPS) is 12.3. The van der Waals surface area contributed by atoms with Gasteiger partial charge in [0.1, 0.15) is 16.5 Å². The van der Waals surface area contributed by atoms with Gasteiger partial charge < -0.3 is 4.23 Å². The number of halogens is 1. The van der Waals surface area contributed by atoms with Crippen LogP contribution in [0.5, 0.6) is 0 Å². The Labute approximate surface area is 142 Å². The summed E-state index contributed by atoms with van der Waals surface area (Å²) in [5.74, 6) is 0. The zero-order valence-corrected chi connectivity index (χ0v) is 17.2. The van der Waals surface area contributed by atoms with E-state index in [1.54, 1.807) is 0 Å². The smallest absolute Gasteiger partial charge is 0.138 e. The number of anilines is 1. The van der Waals surface area contributed by atoms with E-state index in [1.165, 1.54) is 16.8 Å². The molecule has 0 heterocycles. The van der Waals surface area contributed by atoms with E-state index in [4.69, 9.17) is 11.6 Å². The van der Waals surface area contributed by atoms with Gasteiger partial charge in [-0.25, -0.2) is 0 Å². The Bertz CT molecular complexity index is 625. The highest BCUT2D eigenvalue weighted by Crippen LogP contribution is 2.32. The van der Waals surface area contributed by atoms with E-state index in [0.29, 0.717) is 0 Å². The maximum atomic E-state index is 6.00. The first-order valence-corrected chi connectivity index (χ1v) is 15.0. The maximum absolute atomic E-state index is 6.00. The molecule has 0 saturated heterocycles. The van der Waals surface area contributed by atoms with Gasteiger partial charge >= 0.3 is 0 Å². The van der Waals surface area contributed by atoms with Crippen LogP contribution < -0.4 is 4.23 Å². The molecule has 0 saturated carbocycles. The van der Waals surface area contributed by atoms with Crippen LogP contribution in [-0.2, 0) is 0 Å². The molecule has 0 aliphatic carbocycles. The van der Waals surface area contributed by atoms with Crippen molar-refractivity contribution in [1.82, 2.24) is 0 Å². The Balaban J connectivity index is 2.48. The molecule has 0 aromatic heterocycles. The lowest BCUT2D eigenvalue weighted by Crippen LogP contribution is -2.59. The second kappa shape index (κ2) is 6.22. The van der Waals surface area contributed by atoms with Crippen molar-refractivity contribution >= 4 is 33.8 Å². The van der Waals surface area contributed by atoms with Gasteiger partial charge in [-0.3, -0.25) is 0 Å². The zero-order chi connectivity index (χ0) is 16.5. The third kappa shape index (κ3) is 4.03. The fourth-order valence-corrected chi connectivity index (χ4v) is 13.3. The highest BCUT2D eigenvalue weighted by atomic mass is 35.5. The first-order chi connectivity index (χ1) is 10.1. The van der Waals surface area contributed by atoms with Crippen molar-refractivity contribution in [2.24, 2.45) is 0 Å². The molecule has 2 rings (SSSR count). The van der Waals surface area contributed by atoms with Crippen LogP contribution in [0.15, 0.2) is 48.5 Å². The molecule has 0 radical (unpaired) electrons. The van der Waals surface area contributed by atoms with Gasteiger partial charge in [-0.05, 0) is 35.4 Å². The monoisotopic (exact) mass is 347 g/mol. The molecular weight excluding hydrogens is 322 g/mol. The minimum atomic E-state index is -1.42. The molecule has 0 aliphatic rings. The minimum Gasteiger partial charge on any atom is -0.425 e. The summed E-state index contributed by atoms with van der Waals surface area (Å²) in [7, 11) is -2.84. The Morgan fingerprint density at radius 3 is 1.77 bits per heavy atom. The quantitative estimate of drug-likeness (QED) is 0.572. The summed E-state index contributed by atoms with van der Waals surface area (Å²) in [6, 6.07) is 17.0. The maximum Gasteiger partial charge on any atom is 0.138 e. The van der Waals surface area contributed by atoms with E-state index in [9.17, 15) is 0 Å². The van der Waals surface area contributed by atoms with Crippen LogP contribution in [0.2, 0.25) is 44.3 Å². The van der Waals surface area contributed by atoms with Gasteiger partial charge in [-0.2, -0.15) is 0 Å². The Morgan fingerprint density at radius 1 is 0.727 bits per heavy atom. The highest BCUT2D eigenvalue weighted by molar-refractivity contribution is 6.99. The predicted molar refractivity (Wildman–Crippen MR) is 106 cm³/mol. The molecule has 0 fully saturated rings. The molecule has 1 nitrogen and oxygen atoms in total. The molecule has 0 unspecified atom stereocenters. The molecule has 2 aromatic carbocycles. The lowest BCUT2D eigenvalue weighted by molar-refractivity contribution is 1.35. The first kappa shape index (κ1) is 17.3. The molecule has 118 valence electrons. The lowest BCUT2D eigenvalue weighted by Gasteiger charge is -2.46. The summed E-state index contributed by atoms with van der Waals surface area (Å²) in [5, 5.41) is 0.783. The third-order valence-electron chi connectivity index (χ3n) is 3.62. The van der Waals surface area contributed by atoms with Crippen LogP contribution in [0.4, 0.5) is 5.69 Å². The summed E-state index contributed by atoms with van der Waals surface area (Å²) >= 11 is 6.00. The van der Waals surface area contributed by atoms with Gasteiger partial charge in [0.25, 0.3) is 0 Å². The number of nitrogens with zero attached hydrogens (tertiary/aromatic N) is 1. The van der Waals surface area contributed by atoms with E-state index >= 15 is 0 Å². The summed E-state index contributed by atoms with van der Waals surface area (Å²) in [6.07, 6.45) is 0. The van der Waals surface area contributed by atoms with E-state index in [-0.39, 0.29) is 0 Å². The van der Waals surface area contributed by atoms with Crippen LogP contribution in [0.3, 0.4) is 0 Å². The second-order valence-electron chi connectivity index (χ2n) is 7.73. The van der Waals surface area contributed by atoms with Crippen molar-refractivity contribution in [1.29, 1.82) is 0 Å². The molecule has 0 aliphatic heterocycles. The third-order valence-corrected chi connectivity index (χ3v) is 11.1. The number of hydrogen-bond acceptors (Lipinski definition) is 1. The fourth-order valence-electron chi connectivity index (χ4n) is 3.25. The molecule has 0 N–H and O–H groups in total. The van der Waals surface area contributed by atoms with Crippen molar-refractivity contribution in [3.8, 4) is 11.1 Å². The zero-order valence-electron chi connectivity index (χ0n) is 14.4. The van der Waals surface area contributed by atoms with Gasteiger partial charge in [0, 0.05) is 10.7 Å². The van der Waals surface area contributed by atoms with Crippen molar-refractivity contribution in [3.63, 3.8) is 0 Å². The standard InChI is InChI=1S/C18H26ClNSi2/c1-21(2,3)20(22(4,5)6)18-9-7-8-16(14-18)15-10-12-17(19)13-11-15/h7-14H,1-6H3. The Morgan fingerprint density at radius 2 is 1.27 bits per heavy atom. The van der Waals surface area contributed by atoms with E-state index in [0.717, 1.165) is 5.02 Å². The first-order valence-electron chi connectivity index (χ1n) is 7.75. The summed E-state index contributed by atoms with van der Waals surface area (Å²) in [6.45, 7) is 14.6. The molecule has 0 bridgehead atoms. The summed E-state index contributed by atoms with van der Waals surface area (Å²) in [4.78, 5) is 0. The molecule has 4 heteroatoms. The van der Waals surface area contributed by atoms with Crippen LogP contribution in [-0.4, -0.2) is 16.5 Å². The highest BCUT2D eigenvalue weighted by Gasteiger charge is 2.34. The fraction of sp³-hybridized carbons (Fsp3) is 0.333. The van der Waals surface area contributed by atoms with Crippen molar-refractivity contribution < 1.29 is 0 Å². The number of hydrogen-bond donors (Lipinski definition) is 0. The van der Waals surface area contributed by atoms with Crippen molar-refractivity contribution in [2.75, 3.05) is 4.23 Å². The van der Waals surface area contributed by atoms with Crippen molar-refractivity contribution in [3.05, 3.63) is 53.6 Å². The van der Waals surface area contributed by atoms with Crippen LogP contribution in [0.25, 0.3) is 11.1 Å². The van der Waals surface area contributed by atoms with Crippen LogP contribution >= 0.6 is 11.6 Å². The topological polar surface area (TPSA) is 3.24 Å². The number of rotatable bonds is 4. The van der Waals surface area contributed by atoms with Gasteiger partial charge in [0.15, 0.2) is 0 Å². The molecule has 0 spiro atoms. The van der Waals surface area contributed by atoms with Crippen molar-refractivity contribution in [2.45, 2.75) is 39.3 Å². The summed E-state index contributed by atoms with van der Waals surface area (Å²) < 4.78 is 2.75. The average Bonchev–Trinajstić information content (AvgIpc) is 2.36. The summed E-state index contributed by atoms with van der Waals surface area (Å²) in [5.41, 5.74) is 3.85. The predicted octanol–water partition coefficient (Wildman–Crippen LogP) is 6.48. The van der Waals surface area contributed by atoms with Gasteiger partial charge in [-0.1, -0.05) is 75.1 Å². The SMILES string of the molecule is C[Si](C)(C)N(c1cccc(-c2ccc(Cl)cc2)c1)[Si](C)(C)C. The molecular formula is C18H26ClNSi2. The molecule has 0 atom stereocenters. The van der Waals surface area contributed by atoms with E-state index in [1.807, 2.05) is 12.1 Å². The minimum absolute atomic E-state index is 0.783. The van der Waals surface area contributed by atoms with Crippen LogP contribution in [0.1, 0.15) is 0 Å². The van der Waals surface area contributed by atoms with Gasteiger partial charge in [0.05, 0.1) is 0 Å². The van der Waals surface area contributed by atoms with Gasteiger partial charge in [0.2, 0.25) is 0 Å². The largest absolute Gasteiger partial charge is 0.425 e.